The van der Waals surface area contributed by atoms with Gasteiger partial charge < -0.3 is 20.5 Å². The Labute approximate surface area is 161 Å². The van der Waals surface area contributed by atoms with Gasteiger partial charge in [0, 0.05) is 25.2 Å². The van der Waals surface area contributed by atoms with Gasteiger partial charge in [0.1, 0.15) is 6.10 Å². The van der Waals surface area contributed by atoms with Crippen molar-refractivity contribution in [3.63, 3.8) is 0 Å². The summed E-state index contributed by atoms with van der Waals surface area (Å²) in [5.74, 6) is 0.578. The number of urea groups is 1. The van der Waals surface area contributed by atoms with Crippen molar-refractivity contribution >= 4 is 6.03 Å². The lowest BCUT2D eigenvalue weighted by Crippen LogP contribution is -2.53. The number of aromatic nitrogens is 3. The lowest BCUT2D eigenvalue weighted by Gasteiger charge is -2.36. The second-order valence-corrected chi connectivity index (χ2v) is 7.74. The van der Waals surface area contributed by atoms with E-state index in [-0.39, 0.29) is 30.9 Å². The zero-order valence-corrected chi connectivity index (χ0v) is 16.3. The summed E-state index contributed by atoms with van der Waals surface area (Å²) in [7, 11) is 0. The van der Waals surface area contributed by atoms with Crippen molar-refractivity contribution in [2.75, 3.05) is 13.2 Å². The van der Waals surface area contributed by atoms with Crippen LogP contribution in [0.2, 0.25) is 0 Å². The molecule has 1 aliphatic carbocycles. The van der Waals surface area contributed by atoms with E-state index < -0.39 is 0 Å². The van der Waals surface area contributed by atoms with Crippen LogP contribution in [0.25, 0.3) is 0 Å². The maximum absolute atomic E-state index is 11.9. The molecule has 1 aromatic rings. The molecule has 0 bridgehead atoms. The molecule has 1 aliphatic heterocycles. The van der Waals surface area contributed by atoms with Crippen molar-refractivity contribution in [2.24, 2.45) is 0 Å². The molecule has 0 spiro atoms. The van der Waals surface area contributed by atoms with Gasteiger partial charge in [-0.05, 0) is 38.5 Å². The lowest BCUT2D eigenvalue weighted by molar-refractivity contribution is -0.0907. The molecule has 152 valence electrons. The van der Waals surface area contributed by atoms with E-state index in [1.165, 1.54) is 25.7 Å². The Morgan fingerprint density at radius 2 is 2.15 bits per heavy atom. The maximum atomic E-state index is 11.9. The van der Waals surface area contributed by atoms with Crippen molar-refractivity contribution in [1.82, 2.24) is 25.6 Å². The topological polar surface area (TPSA) is 101 Å². The smallest absolute Gasteiger partial charge is 0.315 e. The summed E-state index contributed by atoms with van der Waals surface area (Å²) in [6.45, 7) is 3.32. The summed E-state index contributed by atoms with van der Waals surface area (Å²) >= 11 is 0. The van der Waals surface area contributed by atoms with Crippen LogP contribution in [0.4, 0.5) is 4.79 Å². The summed E-state index contributed by atoms with van der Waals surface area (Å²) in [6, 6.07) is -0.340. The van der Waals surface area contributed by atoms with Crippen molar-refractivity contribution < 1.29 is 14.6 Å². The van der Waals surface area contributed by atoms with E-state index in [1.807, 2.05) is 11.6 Å². The molecule has 2 amide bonds. The number of nitrogens with zero attached hydrogens (tertiary/aromatic N) is 3. The van der Waals surface area contributed by atoms with Gasteiger partial charge >= 0.3 is 6.03 Å². The molecule has 3 N–H and O–H groups in total. The van der Waals surface area contributed by atoms with Crippen molar-refractivity contribution in [1.29, 1.82) is 0 Å². The minimum Gasteiger partial charge on any atom is -0.394 e. The molecule has 0 unspecified atom stereocenters. The Balaban J connectivity index is 1.43. The minimum absolute atomic E-state index is 0.0676. The number of hydrogen-bond acceptors (Lipinski definition) is 5. The summed E-state index contributed by atoms with van der Waals surface area (Å²) in [5.41, 5.74) is 1.12. The molecule has 8 heteroatoms. The monoisotopic (exact) mass is 379 g/mol. The van der Waals surface area contributed by atoms with Gasteiger partial charge in [0.05, 0.1) is 24.4 Å². The van der Waals surface area contributed by atoms with Crippen LogP contribution in [-0.4, -0.2) is 57.5 Å². The van der Waals surface area contributed by atoms with Crippen molar-refractivity contribution in [3.8, 4) is 0 Å². The van der Waals surface area contributed by atoms with Crippen LogP contribution in [0.5, 0.6) is 0 Å². The molecule has 3 atom stereocenters. The molecular weight excluding hydrogens is 346 g/mol. The van der Waals surface area contributed by atoms with Crippen LogP contribution >= 0.6 is 0 Å². The van der Waals surface area contributed by atoms with Crippen LogP contribution in [0.1, 0.15) is 69.9 Å². The highest BCUT2D eigenvalue weighted by Crippen LogP contribution is 2.32. The second kappa shape index (κ2) is 10.0. The standard InChI is InChI=1S/C19H33N5O3/c1-2-10-20-19(26)21-16-8-7-15(27-18(16)13-25)9-11-24-12-17(22-23-24)14-5-3-4-6-14/h12,14-16,18,25H,2-11,13H2,1H3,(H2,20,21,26)/t15-,16-,18+/m1/s1. The van der Waals surface area contributed by atoms with E-state index >= 15 is 0 Å². The van der Waals surface area contributed by atoms with Gasteiger partial charge in [-0.1, -0.05) is 25.0 Å². The highest BCUT2D eigenvalue weighted by atomic mass is 16.5. The molecule has 1 aromatic heterocycles. The number of ether oxygens (including phenoxy) is 1. The van der Waals surface area contributed by atoms with E-state index in [9.17, 15) is 9.90 Å². The highest BCUT2D eigenvalue weighted by molar-refractivity contribution is 5.74. The van der Waals surface area contributed by atoms with E-state index in [0.717, 1.165) is 37.9 Å². The first kappa shape index (κ1) is 20.1. The molecule has 0 radical (unpaired) electrons. The number of nitrogens with one attached hydrogen (secondary N) is 2. The van der Waals surface area contributed by atoms with Crippen LogP contribution < -0.4 is 10.6 Å². The van der Waals surface area contributed by atoms with E-state index in [1.54, 1.807) is 0 Å². The Bertz CT molecular complexity index is 588. The van der Waals surface area contributed by atoms with Gasteiger partial charge in [-0.2, -0.15) is 0 Å². The summed E-state index contributed by atoms with van der Waals surface area (Å²) in [4.78, 5) is 11.9. The van der Waals surface area contributed by atoms with Crippen LogP contribution in [0, 0.1) is 0 Å². The number of carbonyl (C=O) groups excluding carboxylic acids is 1. The number of carbonyl (C=O) groups is 1. The molecule has 1 saturated heterocycles. The Kier molecular flexibility index (Phi) is 7.46. The average Bonchev–Trinajstić information content (AvgIpc) is 3.37. The molecule has 2 heterocycles. The fourth-order valence-electron chi connectivity index (χ4n) is 4.07. The van der Waals surface area contributed by atoms with Gasteiger partial charge in [-0.3, -0.25) is 4.68 Å². The number of aliphatic hydroxyl groups excluding tert-OH is 1. The summed E-state index contributed by atoms with van der Waals surface area (Å²) in [6.07, 6.45) is 10.2. The van der Waals surface area contributed by atoms with E-state index in [0.29, 0.717) is 12.5 Å². The fraction of sp³-hybridized carbons (Fsp3) is 0.842. The van der Waals surface area contributed by atoms with Crippen LogP contribution in [0.15, 0.2) is 6.20 Å². The maximum Gasteiger partial charge on any atom is 0.315 e. The summed E-state index contributed by atoms with van der Waals surface area (Å²) in [5, 5.41) is 24.0. The Morgan fingerprint density at radius 1 is 1.33 bits per heavy atom. The van der Waals surface area contributed by atoms with E-state index in [2.05, 4.69) is 27.1 Å². The molecule has 2 fully saturated rings. The molecule has 1 saturated carbocycles. The SMILES string of the molecule is CCCNC(=O)N[C@@H]1CC[C@H](CCn2cc(C3CCCC3)nn2)O[C@H]1CO. The van der Waals surface area contributed by atoms with Gasteiger partial charge in [0.2, 0.25) is 0 Å². The van der Waals surface area contributed by atoms with E-state index in [4.69, 9.17) is 4.74 Å². The molecule has 8 nitrogen and oxygen atoms in total. The quantitative estimate of drug-likeness (QED) is 0.641. The highest BCUT2D eigenvalue weighted by Gasteiger charge is 2.31. The lowest BCUT2D eigenvalue weighted by atomic mass is 9.97. The predicted octanol–water partition coefficient (Wildman–Crippen LogP) is 1.94. The number of amides is 2. The Morgan fingerprint density at radius 3 is 2.89 bits per heavy atom. The molecule has 27 heavy (non-hydrogen) atoms. The van der Waals surface area contributed by atoms with Crippen LogP contribution in [0.3, 0.4) is 0 Å². The van der Waals surface area contributed by atoms with Gasteiger partial charge in [-0.15, -0.1) is 5.10 Å². The Hall–Kier alpha value is -1.67. The van der Waals surface area contributed by atoms with Crippen LogP contribution in [-0.2, 0) is 11.3 Å². The minimum atomic E-state index is -0.360. The number of hydrogen-bond donors (Lipinski definition) is 3. The third kappa shape index (κ3) is 5.65. The number of rotatable bonds is 8. The fourth-order valence-corrected chi connectivity index (χ4v) is 4.07. The normalized spacial score (nSPS) is 26.2. The molecule has 2 aliphatic rings. The first-order chi connectivity index (χ1) is 13.2. The first-order valence-corrected chi connectivity index (χ1v) is 10.4. The molecular formula is C19H33N5O3. The second-order valence-electron chi connectivity index (χ2n) is 7.74. The molecule has 0 aromatic carbocycles. The van der Waals surface area contributed by atoms with Crippen molar-refractivity contribution in [2.45, 2.75) is 89.0 Å². The predicted molar refractivity (Wildman–Crippen MR) is 101 cm³/mol. The summed E-state index contributed by atoms with van der Waals surface area (Å²) < 4.78 is 7.94. The third-order valence-corrected chi connectivity index (χ3v) is 5.66. The van der Waals surface area contributed by atoms with Gasteiger partial charge in [0.15, 0.2) is 0 Å². The zero-order chi connectivity index (χ0) is 19.1. The first-order valence-electron chi connectivity index (χ1n) is 10.4. The molecule has 3 rings (SSSR count). The number of aliphatic hydroxyl groups is 1. The average molecular weight is 380 g/mol. The zero-order valence-electron chi connectivity index (χ0n) is 16.3. The van der Waals surface area contributed by atoms with Crippen molar-refractivity contribution in [3.05, 3.63) is 11.9 Å². The van der Waals surface area contributed by atoms with Gasteiger partial charge in [-0.25, -0.2) is 4.79 Å². The van der Waals surface area contributed by atoms with Gasteiger partial charge in [0.25, 0.3) is 0 Å². The number of aryl methyl sites for hydroxylation is 1. The third-order valence-electron chi connectivity index (χ3n) is 5.66. The largest absolute Gasteiger partial charge is 0.394 e.